The van der Waals surface area contributed by atoms with Gasteiger partial charge in [0.15, 0.2) is 0 Å². The first-order valence-corrected chi connectivity index (χ1v) is 10.3. The summed E-state index contributed by atoms with van der Waals surface area (Å²) in [5.41, 5.74) is 4.66. The van der Waals surface area contributed by atoms with Crippen molar-refractivity contribution in [2.75, 3.05) is 13.2 Å². The minimum atomic E-state index is -0.440. The van der Waals surface area contributed by atoms with E-state index in [0.717, 1.165) is 17.5 Å². The second kappa shape index (κ2) is 8.18. The summed E-state index contributed by atoms with van der Waals surface area (Å²) < 4.78 is 14.6. The Morgan fingerprint density at radius 2 is 1.87 bits per heavy atom. The van der Waals surface area contributed by atoms with Crippen LogP contribution in [0.15, 0.2) is 48.6 Å². The zero-order valence-electron chi connectivity index (χ0n) is 17.4. The number of phenolic OH excluding ortho intramolecular Hbond substituents is 1. The van der Waals surface area contributed by atoms with Crippen molar-refractivity contribution in [3.63, 3.8) is 0 Å². The first-order chi connectivity index (χ1) is 14.5. The van der Waals surface area contributed by atoms with Crippen molar-refractivity contribution >= 4 is 17.0 Å². The van der Waals surface area contributed by atoms with E-state index >= 15 is 0 Å². The molecular formula is C23H27N3O4. The lowest BCUT2D eigenvalue weighted by Gasteiger charge is -2.08. The number of benzene rings is 2. The van der Waals surface area contributed by atoms with Gasteiger partial charge in [-0.15, -0.1) is 14.1 Å². The number of nitrogens with zero attached hydrogens (tertiary/aromatic N) is 3. The van der Waals surface area contributed by atoms with Gasteiger partial charge in [0.05, 0.1) is 0 Å². The van der Waals surface area contributed by atoms with E-state index in [9.17, 15) is 9.90 Å². The third-order valence-electron chi connectivity index (χ3n) is 5.14. The molecule has 0 amide bonds. The lowest BCUT2D eigenvalue weighted by molar-refractivity contribution is -0.139. The van der Waals surface area contributed by atoms with Crippen LogP contribution in [0.2, 0.25) is 0 Å². The van der Waals surface area contributed by atoms with Crippen LogP contribution in [0.4, 0.5) is 0 Å². The molecule has 0 aliphatic carbocycles. The Morgan fingerprint density at radius 3 is 2.60 bits per heavy atom. The lowest BCUT2D eigenvalue weighted by atomic mass is 10.1. The Labute approximate surface area is 175 Å². The van der Waals surface area contributed by atoms with Crippen LogP contribution in [0.1, 0.15) is 38.7 Å². The molecule has 1 N–H and O–H groups in total. The van der Waals surface area contributed by atoms with Crippen molar-refractivity contribution in [3.8, 4) is 17.2 Å². The molecule has 0 atom stereocenters. The maximum atomic E-state index is 11.4. The number of carbonyl (C=O) groups is 1. The molecule has 0 aliphatic heterocycles. The zero-order chi connectivity index (χ0) is 21.3. The van der Waals surface area contributed by atoms with Crippen LogP contribution in [0.5, 0.6) is 11.5 Å². The van der Waals surface area contributed by atoms with Crippen molar-refractivity contribution in [1.82, 2.24) is 14.1 Å². The van der Waals surface area contributed by atoms with E-state index < -0.39 is 5.97 Å². The van der Waals surface area contributed by atoms with Crippen LogP contribution in [0, 0.1) is 0 Å². The van der Waals surface area contributed by atoms with Crippen LogP contribution < -0.4 is 4.74 Å². The normalized spacial score (nSPS) is 11.5. The summed E-state index contributed by atoms with van der Waals surface area (Å²) >= 11 is 0. The fraction of sp³-hybridized carbons (Fsp3) is 0.348. The van der Waals surface area contributed by atoms with Gasteiger partial charge in [-0.25, -0.2) is 4.79 Å². The van der Waals surface area contributed by atoms with Gasteiger partial charge in [-0.05, 0) is 49.6 Å². The molecule has 0 unspecified atom stereocenters. The van der Waals surface area contributed by atoms with Crippen LogP contribution in [0.25, 0.3) is 16.7 Å². The Kier molecular flexibility index (Phi) is 5.44. The molecule has 7 heteroatoms. The van der Waals surface area contributed by atoms with E-state index in [1.54, 1.807) is 19.1 Å². The highest BCUT2D eigenvalue weighted by atomic mass is 16.6. The Hall–Kier alpha value is -3.35. The number of ether oxygens (including phenoxy) is 2. The Balaban J connectivity index is 1.42. The van der Waals surface area contributed by atoms with Crippen LogP contribution in [-0.4, -0.2) is 38.3 Å². The molecule has 7 nitrogen and oxygen atoms in total. The largest absolute Gasteiger partial charge is 0.505 e. The molecule has 0 saturated heterocycles. The number of phenols is 1. The number of aryl methyl sites for hydroxylation is 1. The average molecular weight is 409 g/mol. The first kappa shape index (κ1) is 19.9. The maximum Gasteiger partial charge on any atom is 0.333 e. The molecule has 0 radical (unpaired) electrons. The van der Waals surface area contributed by atoms with Crippen molar-refractivity contribution in [2.24, 2.45) is 0 Å². The van der Waals surface area contributed by atoms with Gasteiger partial charge in [-0.2, -0.15) is 0 Å². The average Bonchev–Trinajstić information content (AvgIpc) is 3.38. The molecule has 4 aromatic rings. The number of unbranched alkanes of at least 4 members (excludes halogenated alkanes) is 2. The molecule has 2 aromatic carbocycles. The van der Waals surface area contributed by atoms with Gasteiger partial charge < -0.3 is 14.6 Å². The highest BCUT2D eigenvalue weighted by Crippen LogP contribution is 2.33. The van der Waals surface area contributed by atoms with Crippen molar-refractivity contribution in [2.45, 2.75) is 39.5 Å². The highest BCUT2D eigenvalue weighted by molar-refractivity contribution is 5.86. The number of aromatic hydroxyl groups is 1. The topological polar surface area (TPSA) is 69.5 Å². The number of hydrogen-bond donors (Lipinski definition) is 1. The number of esters is 1. The van der Waals surface area contributed by atoms with Gasteiger partial charge in [0, 0.05) is 11.6 Å². The van der Waals surface area contributed by atoms with Gasteiger partial charge in [0.1, 0.15) is 41.4 Å². The highest BCUT2D eigenvalue weighted by Gasteiger charge is 2.25. The molecule has 0 aliphatic rings. The number of hydrogen-bond acceptors (Lipinski definition) is 4. The Bertz CT molecular complexity index is 1180. The lowest BCUT2D eigenvalue weighted by Crippen LogP contribution is -2.12. The SMILES string of the molecule is C=C(C)C(=O)OCCOc1ccc(-n2n3c4ccc(CCCCC)cc4n23)c(O)c1. The molecular weight excluding hydrogens is 382 g/mol. The third kappa shape index (κ3) is 3.75. The molecule has 158 valence electrons. The summed E-state index contributed by atoms with van der Waals surface area (Å²) in [7, 11) is 0. The van der Waals surface area contributed by atoms with E-state index in [0.29, 0.717) is 17.0 Å². The number of carbonyl (C=O) groups excluding carboxylic acids is 1. The maximum absolute atomic E-state index is 11.4. The van der Waals surface area contributed by atoms with Crippen LogP contribution in [0.3, 0.4) is 0 Å². The number of rotatable bonds is 10. The predicted octanol–water partition coefficient (Wildman–Crippen LogP) is 4.36. The summed E-state index contributed by atoms with van der Waals surface area (Å²) in [5, 5.41) is 10.5. The second-order valence-electron chi connectivity index (χ2n) is 7.56. The van der Waals surface area contributed by atoms with Gasteiger partial charge >= 0.3 is 5.97 Å². The summed E-state index contributed by atoms with van der Waals surface area (Å²) in [6.45, 7) is 7.66. The molecule has 0 spiro atoms. The molecule has 2 heterocycles. The van der Waals surface area contributed by atoms with Crippen molar-refractivity contribution < 1.29 is 19.4 Å². The van der Waals surface area contributed by atoms with E-state index in [1.807, 2.05) is 20.1 Å². The van der Waals surface area contributed by atoms with E-state index in [4.69, 9.17) is 9.47 Å². The standard InChI is InChI=1S/C23H27N3O4/c1-4-5-6-7-17-8-10-19-21(14-17)26-24(19)25(26)20-11-9-18(15-22(20)27)29-12-13-30-23(28)16(2)3/h8-11,14-15,27H,2,4-7,12-13H2,1,3H3. The fourth-order valence-corrected chi connectivity index (χ4v) is 3.51. The van der Waals surface area contributed by atoms with E-state index in [2.05, 4.69) is 31.7 Å². The number of fused-ring (bicyclic) bond motifs is 4. The van der Waals surface area contributed by atoms with E-state index in [1.165, 1.54) is 24.8 Å². The fourth-order valence-electron chi connectivity index (χ4n) is 3.51. The minimum absolute atomic E-state index is 0.120. The third-order valence-corrected chi connectivity index (χ3v) is 5.14. The second-order valence-corrected chi connectivity index (χ2v) is 7.56. The van der Waals surface area contributed by atoms with Crippen molar-refractivity contribution in [3.05, 3.63) is 54.1 Å². The zero-order valence-corrected chi connectivity index (χ0v) is 17.4. The quantitative estimate of drug-likeness (QED) is 0.240. The molecule has 0 saturated carbocycles. The van der Waals surface area contributed by atoms with Crippen LogP contribution >= 0.6 is 0 Å². The predicted molar refractivity (Wildman–Crippen MR) is 115 cm³/mol. The van der Waals surface area contributed by atoms with Crippen molar-refractivity contribution in [1.29, 1.82) is 0 Å². The first-order valence-electron chi connectivity index (χ1n) is 10.3. The summed E-state index contributed by atoms with van der Waals surface area (Å²) in [5.74, 6) is 0.192. The van der Waals surface area contributed by atoms with E-state index in [-0.39, 0.29) is 19.0 Å². The van der Waals surface area contributed by atoms with Crippen LogP contribution in [-0.2, 0) is 16.0 Å². The summed E-state index contributed by atoms with van der Waals surface area (Å²) in [4.78, 5) is 13.3. The molecule has 0 bridgehead atoms. The van der Waals surface area contributed by atoms with Gasteiger partial charge in [0.25, 0.3) is 0 Å². The number of aromatic nitrogens is 3. The summed E-state index contributed by atoms with van der Waals surface area (Å²) in [6, 6.07) is 11.7. The minimum Gasteiger partial charge on any atom is -0.505 e. The molecule has 30 heavy (non-hydrogen) atoms. The van der Waals surface area contributed by atoms with Gasteiger partial charge in [-0.1, -0.05) is 32.4 Å². The molecule has 4 rings (SSSR count). The smallest absolute Gasteiger partial charge is 0.333 e. The molecule has 2 aromatic heterocycles. The Morgan fingerprint density at radius 1 is 1.07 bits per heavy atom. The summed E-state index contributed by atoms with van der Waals surface area (Å²) in [6.07, 6.45) is 4.76. The van der Waals surface area contributed by atoms with Gasteiger partial charge in [0.2, 0.25) is 0 Å². The molecule has 0 fully saturated rings. The monoisotopic (exact) mass is 409 g/mol. The van der Waals surface area contributed by atoms with Gasteiger partial charge in [-0.3, -0.25) is 0 Å².